The lowest BCUT2D eigenvalue weighted by molar-refractivity contribution is 0.108. The van der Waals surface area contributed by atoms with Crippen LogP contribution in [0.2, 0.25) is 0 Å². The first-order valence-corrected chi connectivity index (χ1v) is 10.4. The van der Waals surface area contributed by atoms with Crippen molar-refractivity contribution in [1.82, 2.24) is 0 Å². The number of hydrogen-bond acceptors (Lipinski definition) is 5. The minimum absolute atomic E-state index is 0.0751. The molecule has 0 atom stereocenters. The van der Waals surface area contributed by atoms with Gasteiger partial charge in [0.05, 0.1) is 11.5 Å². The van der Waals surface area contributed by atoms with Gasteiger partial charge in [0, 0.05) is 5.56 Å². The molecule has 0 aromatic heterocycles. The Morgan fingerprint density at radius 1 is 1.09 bits per heavy atom. The van der Waals surface area contributed by atoms with Gasteiger partial charge in [-0.2, -0.15) is 3.71 Å². The van der Waals surface area contributed by atoms with Gasteiger partial charge in [0.1, 0.15) is 11.5 Å². The molecule has 10 heteroatoms. The Bertz CT molecular complexity index is 757. The summed E-state index contributed by atoms with van der Waals surface area (Å²) in [5, 5.41) is -0.952. The number of benzene rings is 1. The van der Waals surface area contributed by atoms with Crippen LogP contribution >= 0.6 is 11.6 Å². The summed E-state index contributed by atoms with van der Waals surface area (Å²) >= 11 is 5.30. The van der Waals surface area contributed by atoms with Gasteiger partial charge in [-0.05, 0) is 42.6 Å². The highest BCUT2D eigenvalue weighted by Gasteiger charge is 2.35. The van der Waals surface area contributed by atoms with Crippen LogP contribution in [-0.4, -0.2) is 33.6 Å². The summed E-state index contributed by atoms with van der Waals surface area (Å²) in [5.74, 6) is -2.03. The number of sulfonamides is 2. The molecule has 0 unspecified atom stereocenters. The van der Waals surface area contributed by atoms with Crippen LogP contribution < -0.4 is 3.71 Å². The molecule has 0 aliphatic heterocycles. The average molecular weight is 386 g/mol. The lowest BCUT2D eigenvalue weighted by Gasteiger charge is -2.24. The molecule has 0 fully saturated rings. The molecule has 0 saturated carbocycles. The topological polar surface area (TPSA) is 88.6 Å². The summed E-state index contributed by atoms with van der Waals surface area (Å²) in [6, 6.07) is 2.68. The number of anilines is 1. The van der Waals surface area contributed by atoms with Gasteiger partial charge in [-0.3, -0.25) is 4.79 Å². The molecular weight excluding hydrogens is 369 g/mol. The normalized spacial score (nSPS) is 12.2. The average Bonchev–Trinajstić information content (AvgIpc) is 2.40. The van der Waals surface area contributed by atoms with Crippen molar-refractivity contribution in [2.45, 2.75) is 26.7 Å². The van der Waals surface area contributed by atoms with E-state index in [0.717, 1.165) is 18.2 Å². The molecule has 0 aliphatic carbocycles. The minimum atomic E-state index is -4.32. The first-order valence-electron chi connectivity index (χ1n) is 6.82. The van der Waals surface area contributed by atoms with E-state index in [9.17, 15) is 26.0 Å². The molecule has 130 valence electrons. The van der Waals surface area contributed by atoms with E-state index in [1.165, 1.54) is 0 Å². The third kappa shape index (κ3) is 4.65. The summed E-state index contributed by atoms with van der Waals surface area (Å²) in [4.78, 5) is 11.2. The number of halogens is 2. The van der Waals surface area contributed by atoms with E-state index in [-0.39, 0.29) is 22.1 Å². The highest BCUT2D eigenvalue weighted by atomic mass is 35.5. The van der Waals surface area contributed by atoms with E-state index < -0.39 is 48.3 Å². The van der Waals surface area contributed by atoms with Crippen LogP contribution in [0.3, 0.4) is 0 Å². The fourth-order valence-electron chi connectivity index (χ4n) is 1.93. The molecule has 1 rings (SSSR count). The number of nitrogens with zero attached hydrogens (tertiary/aromatic N) is 1. The number of rotatable bonds is 8. The molecule has 0 aliphatic rings. The van der Waals surface area contributed by atoms with E-state index in [4.69, 9.17) is 11.6 Å². The van der Waals surface area contributed by atoms with Crippen molar-refractivity contribution in [1.29, 1.82) is 0 Å². The Hall–Kier alpha value is -1.19. The quantitative estimate of drug-likeness (QED) is 0.641. The van der Waals surface area contributed by atoms with Crippen LogP contribution in [0, 0.1) is 5.82 Å². The second kappa shape index (κ2) is 7.59. The highest BCUT2D eigenvalue weighted by molar-refractivity contribution is 8.10. The van der Waals surface area contributed by atoms with Crippen LogP contribution in [0.25, 0.3) is 0 Å². The van der Waals surface area contributed by atoms with Crippen molar-refractivity contribution >= 4 is 42.6 Å². The van der Waals surface area contributed by atoms with Crippen LogP contribution in [0.1, 0.15) is 37.0 Å². The van der Waals surface area contributed by atoms with Crippen molar-refractivity contribution < 1.29 is 26.0 Å². The molecule has 0 N–H and O–H groups in total. The summed E-state index contributed by atoms with van der Waals surface area (Å²) < 4.78 is 63.6. The number of carbonyl (C=O) groups excluding carboxylic acids is 1. The van der Waals surface area contributed by atoms with Gasteiger partial charge in [0.2, 0.25) is 20.0 Å². The van der Waals surface area contributed by atoms with Gasteiger partial charge >= 0.3 is 0 Å². The lowest BCUT2D eigenvalue weighted by atomic mass is 10.2. The van der Waals surface area contributed by atoms with Gasteiger partial charge < -0.3 is 0 Å². The lowest BCUT2D eigenvalue weighted by Crippen LogP contribution is -2.40. The fourth-order valence-corrected chi connectivity index (χ4v) is 6.12. The monoisotopic (exact) mass is 385 g/mol. The maximum absolute atomic E-state index is 14.1. The first kappa shape index (κ1) is 19.9. The van der Waals surface area contributed by atoms with Gasteiger partial charge in [-0.1, -0.05) is 13.8 Å². The van der Waals surface area contributed by atoms with Crippen molar-refractivity contribution in [3.8, 4) is 0 Å². The van der Waals surface area contributed by atoms with Crippen molar-refractivity contribution in [3.63, 3.8) is 0 Å². The fraction of sp³-hybridized carbons (Fsp3) is 0.462. The molecule has 0 heterocycles. The molecule has 23 heavy (non-hydrogen) atoms. The van der Waals surface area contributed by atoms with Crippen LogP contribution in [0.5, 0.6) is 0 Å². The van der Waals surface area contributed by atoms with Crippen molar-refractivity contribution in [2.24, 2.45) is 0 Å². The molecule has 0 bridgehead atoms. The summed E-state index contributed by atoms with van der Waals surface area (Å²) in [5.41, 5.74) is -0.926. The first-order chi connectivity index (χ1) is 10.6. The third-order valence-electron chi connectivity index (χ3n) is 2.80. The van der Waals surface area contributed by atoms with Gasteiger partial charge in [0.15, 0.2) is 0 Å². The largest absolute Gasteiger partial charge is 0.276 e. The van der Waals surface area contributed by atoms with Crippen molar-refractivity contribution in [3.05, 3.63) is 29.6 Å². The van der Waals surface area contributed by atoms with E-state index in [2.05, 4.69) is 0 Å². The third-order valence-corrected chi connectivity index (χ3v) is 7.63. The smallest absolute Gasteiger partial charge is 0.252 e. The molecule has 0 saturated heterocycles. The Morgan fingerprint density at radius 2 is 1.57 bits per heavy atom. The molecule has 0 amide bonds. The van der Waals surface area contributed by atoms with Gasteiger partial charge in [-0.15, -0.1) is 0 Å². The van der Waals surface area contributed by atoms with Crippen LogP contribution in [0.4, 0.5) is 10.1 Å². The van der Waals surface area contributed by atoms with Gasteiger partial charge in [0.25, 0.3) is 5.24 Å². The maximum atomic E-state index is 14.1. The number of hydrogen-bond donors (Lipinski definition) is 0. The van der Waals surface area contributed by atoms with E-state index in [1.54, 1.807) is 13.8 Å². The minimum Gasteiger partial charge on any atom is -0.276 e. The van der Waals surface area contributed by atoms with Crippen LogP contribution in [-0.2, 0) is 20.0 Å². The Morgan fingerprint density at radius 3 is 1.96 bits per heavy atom. The zero-order valence-corrected chi connectivity index (χ0v) is 15.0. The predicted octanol–water partition coefficient (Wildman–Crippen LogP) is 2.49. The van der Waals surface area contributed by atoms with Crippen molar-refractivity contribution in [2.75, 3.05) is 15.2 Å². The van der Waals surface area contributed by atoms with E-state index in [1.807, 2.05) is 0 Å². The van der Waals surface area contributed by atoms with E-state index in [0.29, 0.717) is 0 Å². The predicted molar refractivity (Wildman–Crippen MR) is 87.2 cm³/mol. The summed E-state index contributed by atoms with van der Waals surface area (Å²) in [6.45, 7) is 3.11. The number of carbonyl (C=O) groups is 1. The molecule has 6 nitrogen and oxygen atoms in total. The zero-order chi connectivity index (χ0) is 17.8. The Balaban J connectivity index is 3.66. The molecular formula is C13H17ClFNO5S2. The highest BCUT2D eigenvalue weighted by Crippen LogP contribution is 2.28. The Kier molecular flexibility index (Phi) is 6.55. The van der Waals surface area contributed by atoms with E-state index >= 15 is 0 Å². The maximum Gasteiger partial charge on any atom is 0.252 e. The second-order valence-corrected chi connectivity index (χ2v) is 9.22. The summed E-state index contributed by atoms with van der Waals surface area (Å²) in [7, 11) is -8.64. The molecule has 0 radical (unpaired) electrons. The van der Waals surface area contributed by atoms with Crippen LogP contribution in [0.15, 0.2) is 18.2 Å². The summed E-state index contributed by atoms with van der Waals surface area (Å²) in [6.07, 6.45) is 0.298. The molecule has 1 aromatic carbocycles. The molecule has 1 aromatic rings. The van der Waals surface area contributed by atoms with Gasteiger partial charge in [-0.25, -0.2) is 21.2 Å². The molecule has 0 spiro atoms. The standard InChI is InChI=1S/C13H17ClFNO5S2/c1-3-7-22(18,19)16(23(20,21)8-4-2)12-9-10(13(14)17)5-6-11(12)15/h5-6,9H,3-4,7-8H2,1-2H3. The Labute approximate surface area is 140 Å². The zero-order valence-electron chi connectivity index (χ0n) is 12.6. The SMILES string of the molecule is CCCS(=O)(=O)N(c1cc(C(=O)Cl)ccc1F)S(=O)(=O)CCC. The second-order valence-electron chi connectivity index (χ2n) is 4.77.